The van der Waals surface area contributed by atoms with Crippen LogP contribution in [0.4, 0.5) is 23.2 Å². The van der Waals surface area contributed by atoms with E-state index in [1.807, 2.05) is 5.32 Å². The molecule has 0 bridgehead atoms. The summed E-state index contributed by atoms with van der Waals surface area (Å²) in [6, 6.07) is 4.70. The first-order valence-corrected chi connectivity index (χ1v) is 11.3. The molecule has 1 saturated carbocycles. The van der Waals surface area contributed by atoms with Crippen molar-refractivity contribution < 1.29 is 42.1 Å². The fourth-order valence-electron chi connectivity index (χ4n) is 4.34. The second-order valence-electron chi connectivity index (χ2n) is 9.20. The molecule has 0 radical (unpaired) electrons. The van der Waals surface area contributed by atoms with Crippen molar-refractivity contribution in [2.45, 2.75) is 49.2 Å². The summed E-state index contributed by atoms with van der Waals surface area (Å²) in [5.41, 5.74) is -3.19. The number of carbonyl (C=O) groups excluding carboxylic acids is 2. The maximum atomic E-state index is 14.9. The van der Waals surface area contributed by atoms with Crippen molar-refractivity contribution in [1.29, 1.82) is 0 Å². The highest BCUT2D eigenvalue weighted by Gasteiger charge is 2.64. The van der Waals surface area contributed by atoms with Gasteiger partial charge in [0.2, 0.25) is 5.91 Å². The molecule has 1 aliphatic heterocycles. The minimum Gasteiger partial charge on any atom is -0.508 e. The number of aliphatic hydroxyl groups is 1. The molecule has 2 heterocycles. The Bertz CT molecular complexity index is 1160. The number of rotatable bonds is 7. The number of alkyl halides is 3. The number of anilines is 1. The molecule has 2 fully saturated rings. The smallest absolute Gasteiger partial charge is 0.411 e. The van der Waals surface area contributed by atoms with E-state index >= 15 is 0 Å². The van der Waals surface area contributed by atoms with E-state index in [2.05, 4.69) is 10.3 Å². The van der Waals surface area contributed by atoms with Crippen molar-refractivity contribution in [2.75, 3.05) is 25.1 Å². The van der Waals surface area contributed by atoms with E-state index in [-0.39, 0.29) is 47.7 Å². The summed E-state index contributed by atoms with van der Waals surface area (Å²) < 4.78 is 59.5. The lowest BCUT2D eigenvalue weighted by Crippen LogP contribution is -2.48. The Balaban J connectivity index is 1.44. The van der Waals surface area contributed by atoms with E-state index in [1.54, 1.807) is 0 Å². The van der Waals surface area contributed by atoms with Crippen LogP contribution in [0.15, 0.2) is 30.5 Å². The van der Waals surface area contributed by atoms with Crippen LogP contribution in [0.5, 0.6) is 5.75 Å². The number of nitrogens with one attached hydrogen (secondary N) is 2. The summed E-state index contributed by atoms with van der Waals surface area (Å²) in [6.45, 7) is 0.412. The number of aromatic nitrogens is 1. The molecule has 0 unspecified atom stereocenters. The molecule has 1 aromatic heterocycles. The maximum absolute atomic E-state index is 14.9. The van der Waals surface area contributed by atoms with Crippen molar-refractivity contribution in [3.63, 3.8) is 0 Å². The fraction of sp³-hybridized carbons (Fsp3) is 0.458. The second-order valence-corrected chi connectivity index (χ2v) is 9.20. The van der Waals surface area contributed by atoms with Crippen molar-refractivity contribution >= 4 is 17.5 Å². The van der Waals surface area contributed by atoms with Gasteiger partial charge in [-0.15, -0.1) is 0 Å². The molecule has 4 N–H and O–H groups in total. The molecule has 0 spiro atoms. The summed E-state index contributed by atoms with van der Waals surface area (Å²) in [6.07, 6.45) is -3.53. The lowest BCUT2D eigenvalue weighted by Gasteiger charge is -2.36. The standard InChI is InChI=1S/C24H25F4N3O5/c25-17-12-16(22(13-32)4-7-36-8-5-22)19(33)9-14(17)10-20(34)30-15-1-6-29-18(11-15)21(35)31-23(2-3-23)24(26,27)28/h1,6,9,11-12,32-33H,2-5,7-8,10,13H2,(H,31,35)(H,29,30,34). The predicted molar refractivity (Wildman–Crippen MR) is 119 cm³/mol. The molecule has 0 atom stereocenters. The van der Waals surface area contributed by atoms with Crippen LogP contribution in [0.1, 0.15) is 47.3 Å². The molecule has 8 nitrogen and oxygen atoms in total. The average molecular weight is 511 g/mol. The number of ether oxygens (including phenoxy) is 1. The van der Waals surface area contributed by atoms with E-state index in [0.717, 1.165) is 24.4 Å². The quantitative estimate of drug-likeness (QED) is 0.425. The Labute approximate surface area is 203 Å². The topological polar surface area (TPSA) is 121 Å². The maximum Gasteiger partial charge on any atom is 0.411 e. The number of aliphatic hydroxyl groups excluding tert-OH is 1. The Morgan fingerprint density at radius 2 is 1.81 bits per heavy atom. The number of pyridine rings is 1. The van der Waals surface area contributed by atoms with Crippen LogP contribution < -0.4 is 10.6 Å². The third-order valence-electron chi connectivity index (χ3n) is 6.76. The van der Waals surface area contributed by atoms with Gasteiger partial charge in [0.25, 0.3) is 5.91 Å². The lowest BCUT2D eigenvalue weighted by atomic mass is 9.74. The molecule has 1 aliphatic carbocycles. The molecule has 194 valence electrons. The summed E-state index contributed by atoms with van der Waals surface area (Å²) >= 11 is 0. The number of phenolic OH excluding ortho intramolecular Hbond substituents is 1. The monoisotopic (exact) mass is 511 g/mol. The van der Waals surface area contributed by atoms with Crippen molar-refractivity contribution in [3.8, 4) is 5.75 Å². The summed E-state index contributed by atoms with van der Waals surface area (Å²) in [7, 11) is 0. The normalized spacial score (nSPS) is 18.4. The number of halogens is 4. The van der Waals surface area contributed by atoms with Gasteiger partial charge < -0.3 is 25.6 Å². The Hall–Kier alpha value is -3.25. The zero-order valence-electron chi connectivity index (χ0n) is 19.1. The zero-order chi connectivity index (χ0) is 26.1. The number of aromatic hydroxyl groups is 1. The number of hydrogen-bond acceptors (Lipinski definition) is 6. The zero-order valence-corrected chi connectivity index (χ0v) is 19.1. The van der Waals surface area contributed by atoms with Crippen molar-refractivity contribution in [1.82, 2.24) is 10.3 Å². The van der Waals surface area contributed by atoms with Gasteiger partial charge in [-0.3, -0.25) is 14.6 Å². The number of benzene rings is 1. The fourth-order valence-corrected chi connectivity index (χ4v) is 4.34. The van der Waals surface area contributed by atoms with E-state index in [0.29, 0.717) is 26.1 Å². The minimum atomic E-state index is -4.58. The highest BCUT2D eigenvalue weighted by molar-refractivity contribution is 5.96. The van der Waals surface area contributed by atoms with Crippen LogP contribution in [0, 0.1) is 5.82 Å². The number of phenols is 1. The van der Waals surface area contributed by atoms with Gasteiger partial charge >= 0.3 is 6.18 Å². The van der Waals surface area contributed by atoms with Gasteiger partial charge in [-0.05, 0) is 49.9 Å². The van der Waals surface area contributed by atoms with E-state index in [1.165, 1.54) is 6.07 Å². The largest absolute Gasteiger partial charge is 0.508 e. The number of carbonyl (C=O) groups is 2. The van der Waals surface area contributed by atoms with Gasteiger partial charge in [0, 0.05) is 41.6 Å². The van der Waals surface area contributed by atoms with Crippen LogP contribution in [-0.2, 0) is 21.4 Å². The SMILES string of the molecule is O=C(Cc1cc(O)c(C2(CO)CCOCC2)cc1F)Nc1ccnc(C(=O)NC2(C(F)(F)F)CC2)c1. The first-order valence-electron chi connectivity index (χ1n) is 11.3. The van der Waals surface area contributed by atoms with Crippen LogP contribution in [0.2, 0.25) is 0 Å². The number of nitrogens with zero attached hydrogens (tertiary/aromatic N) is 1. The molecule has 2 aromatic rings. The van der Waals surface area contributed by atoms with Gasteiger partial charge in [0.05, 0.1) is 13.0 Å². The van der Waals surface area contributed by atoms with Gasteiger partial charge in [-0.2, -0.15) is 13.2 Å². The highest BCUT2D eigenvalue weighted by atomic mass is 19.4. The van der Waals surface area contributed by atoms with Gasteiger partial charge in [-0.25, -0.2) is 4.39 Å². The minimum absolute atomic E-state index is 0.0831. The molecule has 1 saturated heterocycles. The van der Waals surface area contributed by atoms with Crippen LogP contribution in [0.25, 0.3) is 0 Å². The lowest BCUT2D eigenvalue weighted by molar-refractivity contribution is -0.163. The Kier molecular flexibility index (Phi) is 6.93. The summed E-state index contributed by atoms with van der Waals surface area (Å²) in [4.78, 5) is 28.6. The Morgan fingerprint density at radius 1 is 1.11 bits per heavy atom. The molecular weight excluding hydrogens is 486 g/mol. The number of hydrogen-bond donors (Lipinski definition) is 4. The summed E-state index contributed by atoms with van der Waals surface area (Å²) in [5, 5.41) is 24.9. The molecular formula is C24H25F4N3O5. The molecule has 2 aliphatic rings. The number of amides is 2. The average Bonchev–Trinajstić information content (AvgIpc) is 3.62. The van der Waals surface area contributed by atoms with Gasteiger partial charge in [-0.1, -0.05) is 0 Å². The van der Waals surface area contributed by atoms with Crippen molar-refractivity contribution in [2.24, 2.45) is 0 Å². The molecule has 1 aromatic carbocycles. The Morgan fingerprint density at radius 3 is 2.42 bits per heavy atom. The first-order chi connectivity index (χ1) is 17.0. The third kappa shape index (κ3) is 5.14. The molecule has 36 heavy (non-hydrogen) atoms. The second kappa shape index (κ2) is 9.66. The highest BCUT2D eigenvalue weighted by Crippen LogP contribution is 2.49. The molecule has 2 amide bonds. The molecule has 4 rings (SSSR count). The van der Waals surface area contributed by atoms with Crippen LogP contribution in [0.3, 0.4) is 0 Å². The van der Waals surface area contributed by atoms with E-state index < -0.39 is 41.2 Å². The summed E-state index contributed by atoms with van der Waals surface area (Å²) in [5.74, 6) is -2.71. The van der Waals surface area contributed by atoms with Crippen LogP contribution >= 0.6 is 0 Å². The predicted octanol–water partition coefficient (Wildman–Crippen LogP) is 2.97. The van der Waals surface area contributed by atoms with E-state index in [9.17, 15) is 37.4 Å². The van der Waals surface area contributed by atoms with Crippen molar-refractivity contribution in [3.05, 3.63) is 53.1 Å². The van der Waals surface area contributed by atoms with Crippen LogP contribution in [-0.4, -0.2) is 58.5 Å². The van der Waals surface area contributed by atoms with Gasteiger partial charge in [0.15, 0.2) is 0 Å². The third-order valence-corrected chi connectivity index (χ3v) is 6.76. The first kappa shape index (κ1) is 25.8. The molecule has 12 heteroatoms. The van der Waals surface area contributed by atoms with Gasteiger partial charge in [0.1, 0.15) is 22.8 Å². The van der Waals surface area contributed by atoms with E-state index in [4.69, 9.17) is 4.74 Å².